The third-order valence-electron chi connectivity index (χ3n) is 7.25. The van der Waals surface area contributed by atoms with Crippen molar-refractivity contribution in [3.05, 3.63) is 69.5 Å². The molecule has 0 saturated carbocycles. The lowest BCUT2D eigenvalue weighted by atomic mass is 9.82. The van der Waals surface area contributed by atoms with E-state index in [0.717, 1.165) is 12.8 Å². The molecule has 0 bridgehead atoms. The first-order chi connectivity index (χ1) is 17.0. The standard InChI is InChI=1S/C35H46S2/c1-13-14-24(20-33(4,5)6)30-26-19-28(35(10,11)12)36-31(26)29(23-16-15-22(17-23)21(2)3)25-18-27(34(7,8)9)37-32(25)30/h13-16,18-19,21H,1,17,20H2,2-12H3/b24-14+. The molecular formula is C35H46S2. The second-order valence-electron chi connectivity index (χ2n) is 14.4. The summed E-state index contributed by atoms with van der Waals surface area (Å²) >= 11 is 4.02. The lowest BCUT2D eigenvalue weighted by Crippen LogP contribution is -2.08. The van der Waals surface area contributed by atoms with Crippen molar-refractivity contribution in [2.45, 2.75) is 99.8 Å². The molecule has 1 aromatic carbocycles. The molecule has 0 unspecified atom stereocenters. The topological polar surface area (TPSA) is 0 Å². The highest BCUT2D eigenvalue weighted by molar-refractivity contribution is 7.21. The molecule has 0 nitrogen and oxygen atoms in total. The Labute approximate surface area is 233 Å². The van der Waals surface area contributed by atoms with Crippen LogP contribution in [0.25, 0.3) is 31.3 Å². The van der Waals surface area contributed by atoms with E-state index in [4.69, 9.17) is 0 Å². The molecule has 0 atom stereocenters. The molecule has 198 valence electrons. The van der Waals surface area contributed by atoms with Gasteiger partial charge in [-0.2, -0.15) is 0 Å². The van der Waals surface area contributed by atoms with Crippen molar-refractivity contribution in [2.24, 2.45) is 11.3 Å². The first-order valence-electron chi connectivity index (χ1n) is 13.8. The van der Waals surface area contributed by atoms with Crippen LogP contribution in [0.15, 0.2) is 48.6 Å². The van der Waals surface area contributed by atoms with Crippen molar-refractivity contribution in [1.82, 2.24) is 0 Å². The minimum atomic E-state index is 0.111. The van der Waals surface area contributed by atoms with Gasteiger partial charge in [0.25, 0.3) is 0 Å². The van der Waals surface area contributed by atoms with Crippen molar-refractivity contribution in [1.29, 1.82) is 0 Å². The number of benzene rings is 1. The highest BCUT2D eigenvalue weighted by Crippen LogP contribution is 2.52. The Morgan fingerprint density at radius 2 is 1.43 bits per heavy atom. The zero-order chi connectivity index (χ0) is 27.5. The Hall–Kier alpha value is -1.90. The summed E-state index contributed by atoms with van der Waals surface area (Å²) in [4.78, 5) is 2.92. The number of hydrogen-bond acceptors (Lipinski definition) is 2. The summed E-state index contributed by atoms with van der Waals surface area (Å²) in [7, 11) is 0. The summed E-state index contributed by atoms with van der Waals surface area (Å²) in [5.74, 6) is 0.578. The SMILES string of the molecule is C=C/C=C(\CC(C)(C)C)c1c2cc(C(C)(C)C)sc2c(C2=CC=C(C(C)C)C2)c2cc(C(C)(C)C)sc12. The summed E-state index contributed by atoms with van der Waals surface area (Å²) in [6.07, 6.45) is 11.1. The van der Waals surface area contributed by atoms with Crippen molar-refractivity contribution in [3.8, 4) is 0 Å². The summed E-state index contributed by atoms with van der Waals surface area (Å²) < 4.78 is 2.90. The smallest absolute Gasteiger partial charge is 0.0434 e. The molecule has 0 amide bonds. The molecule has 2 heteroatoms. The quantitative estimate of drug-likeness (QED) is 0.288. The van der Waals surface area contributed by atoms with E-state index in [9.17, 15) is 0 Å². The van der Waals surface area contributed by atoms with Gasteiger partial charge in [-0.1, -0.05) is 113 Å². The molecule has 4 rings (SSSR count). The largest absolute Gasteiger partial charge is 0.139 e. The van der Waals surface area contributed by atoms with Crippen LogP contribution < -0.4 is 0 Å². The predicted octanol–water partition coefficient (Wildman–Crippen LogP) is 12.1. The van der Waals surface area contributed by atoms with E-state index in [1.807, 2.05) is 28.7 Å². The van der Waals surface area contributed by atoms with Gasteiger partial charge < -0.3 is 0 Å². The summed E-state index contributed by atoms with van der Waals surface area (Å²) in [6.45, 7) is 29.9. The Bertz CT molecular complexity index is 1370. The van der Waals surface area contributed by atoms with Crippen molar-refractivity contribution in [3.63, 3.8) is 0 Å². The average Bonchev–Trinajstić information content (AvgIpc) is 3.47. The van der Waals surface area contributed by atoms with E-state index < -0.39 is 0 Å². The zero-order valence-corrected chi connectivity index (χ0v) is 26.6. The monoisotopic (exact) mass is 530 g/mol. The van der Waals surface area contributed by atoms with Crippen LogP contribution in [0.1, 0.15) is 110 Å². The van der Waals surface area contributed by atoms with E-state index in [1.54, 1.807) is 5.57 Å². The molecule has 0 radical (unpaired) electrons. The first-order valence-corrected chi connectivity index (χ1v) is 15.4. The Balaban J connectivity index is 2.16. The second-order valence-corrected chi connectivity index (χ2v) is 16.5. The van der Waals surface area contributed by atoms with Crippen molar-refractivity contribution in [2.75, 3.05) is 0 Å². The first kappa shape index (κ1) is 28.1. The molecule has 1 aliphatic carbocycles. The number of rotatable bonds is 5. The van der Waals surface area contributed by atoms with Crippen molar-refractivity contribution < 1.29 is 0 Å². The third-order valence-corrected chi connectivity index (χ3v) is 10.4. The fourth-order valence-corrected chi connectivity index (χ4v) is 7.84. The van der Waals surface area contributed by atoms with E-state index in [2.05, 4.69) is 113 Å². The second kappa shape index (κ2) is 9.69. The van der Waals surface area contributed by atoms with Crippen LogP contribution in [0.4, 0.5) is 0 Å². The average molecular weight is 531 g/mol. The molecule has 37 heavy (non-hydrogen) atoms. The molecule has 2 heterocycles. The van der Waals surface area contributed by atoms with Crippen LogP contribution >= 0.6 is 22.7 Å². The summed E-state index contributed by atoms with van der Waals surface area (Å²) in [5, 5.41) is 2.87. The molecule has 0 spiro atoms. The molecule has 0 fully saturated rings. The molecule has 0 N–H and O–H groups in total. The maximum atomic E-state index is 4.12. The van der Waals surface area contributed by atoms with Gasteiger partial charge in [0, 0.05) is 41.1 Å². The third kappa shape index (κ3) is 5.62. The lowest BCUT2D eigenvalue weighted by molar-refractivity contribution is 0.427. The van der Waals surface area contributed by atoms with Gasteiger partial charge in [0.2, 0.25) is 0 Å². The number of thiophene rings is 2. The van der Waals surface area contributed by atoms with Gasteiger partial charge in [-0.3, -0.25) is 0 Å². The molecule has 0 aliphatic heterocycles. The van der Waals surface area contributed by atoms with Crippen molar-refractivity contribution >= 4 is 54.0 Å². The Morgan fingerprint density at radius 1 is 0.865 bits per heavy atom. The highest BCUT2D eigenvalue weighted by Gasteiger charge is 2.29. The van der Waals surface area contributed by atoms with Gasteiger partial charge in [-0.25, -0.2) is 0 Å². The summed E-state index contributed by atoms with van der Waals surface area (Å²) in [5.41, 5.74) is 7.75. The number of allylic oxidation sites excluding steroid dienone is 7. The van der Waals surface area contributed by atoms with Gasteiger partial charge in [0.05, 0.1) is 0 Å². The molecular weight excluding hydrogens is 485 g/mol. The Kier molecular flexibility index (Phi) is 7.36. The van der Waals surface area contributed by atoms with E-state index >= 15 is 0 Å². The normalized spacial score (nSPS) is 15.7. The van der Waals surface area contributed by atoms with Crippen LogP contribution in [0.2, 0.25) is 0 Å². The van der Waals surface area contributed by atoms with Gasteiger partial charge in [0.1, 0.15) is 0 Å². The fourth-order valence-electron chi connectivity index (χ4n) is 5.20. The van der Waals surface area contributed by atoms with Crippen LogP contribution in [-0.4, -0.2) is 0 Å². The predicted molar refractivity (Wildman–Crippen MR) is 172 cm³/mol. The molecule has 2 aromatic heterocycles. The van der Waals surface area contributed by atoms with Crippen LogP contribution in [0, 0.1) is 11.3 Å². The van der Waals surface area contributed by atoms with Crippen LogP contribution in [0.5, 0.6) is 0 Å². The fraction of sp³-hybridized carbons (Fsp3) is 0.486. The van der Waals surface area contributed by atoms with E-state index in [1.165, 1.54) is 52.2 Å². The minimum Gasteiger partial charge on any atom is -0.139 e. The Morgan fingerprint density at radius 3 is 1.92 bits per heavy atom. The highest BCUT2D eigenvalue weighted by atomic mass is 32.1. The van der Waals surface area contributed by atoms with Crippen LogP contribution in [0.3, 0.4) is 0 Å². The summed E-state index contributed by atoms with van der Waals surface area (Å²) in [6, 6.07) is 5.03. The maximum Gasteiger partial charge on any atom is 0.0434 e. The molecule has 0 saturated heterocycles. The minimum absolute atomic E-state index is 0.111. The van der Waals surface area contributed by atoms with Gasteiger partial charge in [-0.05, 0) is 58.3 Å². The molecule has 1 aliphatic rings. The van der Waals surface area contributed by atoms with Gasteiger partial charge >= 0.3 is 0 Å². The van der Waals surface area contributed by atoms with Crippen LogP contribution in [-0.2, 0) is 10.8 Å². The number of hydrogen-bond donors (Lipinski definition) is 0. The molecule has 3 aromatic rings. The van der Waals surface area contributed by atoms with Gasteiger partial charge in [0.15, 0.2) is 0 Å². The van der Waals surface area contributed by atoms with E-state index in [-0.39, 0.29) is 16.2 Å². The lowest BCUT2D eigenvalue weighted by Gasteiger charge is -2.22. The zero-order valence-electron chi connectivity index (χ0n) is 25.0. The van der Waals surface area contributed by atoms with Gasteiger partial charge in [-0.15, -0.1) is 22.7 Å². The van der Waals surface area contributed by atoms with E-state index in [0.29, 0.717) is 5.92 Å². The number of fused-ring (bicyclic) bond motifs is 2. The maximum absolute atomic E-state index is 4.12.